The largest absolute Gasteiger partial charge is 0.422 e. The Labute approximate surface area is 162 Å². The third-order valence-electron chi connectivity index (χ3n) is 5.28. The molecule has 0 spiro atoms. The quantitative estimate of drug-likeness (QED) is 0.701. The van der Waals surface area contributed by atoms with E-state index in [1.165, 1.54) is 0 Å². The van der Waals surface area contributed by atoms with E-state index in [4.69, 9.17) is 11.6 Å². The first kappa shape index (κ1) is 19.0. The number of fused-ring (bicyclic) bond motifs is 1. The lowest BCUT2D eigenvalue weighted by Crippen LogP contribution is -2.49. The van der Waals surface area contributed by atoms with Gasteiger partial charge in [0.05, 0.1) is 22.7 Å². The Balaban J connectivity index is 1.61. The number of halogens is 4. The molecule has 28 heavy (non-hydrogen) atoms. The number of H-pyrrole nitrogens is 1. The van der Waals surface area contributed by atoms with Crippen LogP contribution in [0.25, 0.3) is 0 Å². The van der Waals surface area contributed by atoms with Crippen LogP contribution in [0.1, 0.15) is 36.4 Å². The average molecular weight is 416 g/mol. The van der Waals surface area contributed by atoms with Gasteiger partial charge in [-0.15, -0.1) is 0 Å². The summed E-state index contributed by atoms with van der Waals surface area (Å²) in [6, 6.07) is 3.45. The van der Waals surface area contributed by atoms with Crippen molar-refractivity contribution in [1.82, 2.24) is 15.2 Å². The maximum Gasteiger partial charge on any atom is 0.422 e. The fourth-order valence-electron chi connectivity index (χ4n) is 3.88. The Kier molecular flexibility index (Phi) is 4.50. The number of nitrogens with one attached hydrogen (secondary N) is 2. The van der Waals surface area contributed by atoms with Gasteiger partial charge in [-0.2, -0.15) is 18.3 Å². The van der Waals surface area contributed by atoms with Crippen molar-refractivity contribution in [2.75, 3.05) is 23.3 Å². The number of nitrogens with zero attached hydrogens (tertiary/aromatic N) is 3. The molecule has 0 aromatic carbocycles. The smallest absolute Gasteiger partial charge is 0.376 e. The number of rotatable bonds is 2. The first-order valence-corrected chi connectivity index (χ1v) is 9.11. The number of anilines is 2. The van der Waals surface area contributed by atoms with Crippen LogP contribution in [0, 0.1) is 0 Å². The van der Waals surface area contributed by atoms with Gasteiger partial charge in [0.15, 0.2) is 5.60 Å². The molecule has 3 N–H and O–H groups in total. The highest BCUT2D eigenvalue weighted by Gasteiger charge is 2.61. The number of aromatic nitrogens is 3. The fraction of sp³-hybridized carbons (Fsp3) is 0.471. The third-order valence-corrected chi connectivity index (χ3v) is 5.57. The van der Waals surface area contributed by atoms with Crippen molar-refractivity contribution in [3.63, 3.8) is 0 Å². The minimum atomic E-state index is -5.00. The number of carbonyl (C=O) groups is 1. The number of aliphatic hydroxyl groups is 1. The van der Waals surface area contributed by atoms with Crippen LogP contribution < -0.4 is 10.2 Å². The Bertz CT molecular complexity index is 910. The first-order chi connectivity index (χ1) is 13.2. The summed E-state index contributed by atoms with van der Waals surface area (Å²) in [7, 11) is 0. The summed E-state index contributed by atoms with van der Waals surface area (Å²) in [5.41, 5.74) is -3.50. The number of amides is 1. The molecule has 1 fully saturated rings. The topological polar surface area (TPSA) is 94.1 Å². The molecule has 2 aromatic rings. The standard InChI is InChI=1S/C17H17ClF3N5O2/c18-10-2-1-5-22-15(10)26-6-3-9(4-7-26)13-12-14(25-24-13)23-11(27)8-16(12,28)17(19,20)21/h1-2,5,9,28H,3-4,6-8H2,(H2,23,24,25,27). The summed E-state index contributed by atoms with van der Waals surface area (Å²) in [6.07, 6.45) is -3.44. The molecule has 0 radical (unpaired) electrons. The predicted octanol–water partition coefficient (Wildman–Crippen LogP) is 2.93. The van der Waals surface area contributed by atoms with Gasteiger partial charge in [0.25, 0.3) is 0 Å². The molecule has 0 bridgehead atoms. The fourth-order valence-corrected chi connectivity index (χ4v) is 4.12. The zero-order valence-electron chi connectivity index (χ0n) is 14.6. The number of pyridine rings is 1. The van der Waals surface area contributed by atoms with Gasteiger partial charge >= 0.3 is 6.18 Å². The van der Waals surface area contributed by atoms with Crippen molar-refractivity contribution in [3.8, 4) is 0 Å². The van der Waals surface area contributed by atoms with Crippen molar-refractivity contribution < 1.29 is 23.1 Å². The lowest BCUT2D eigenvalue weighted by atomic mass is 9.81. The van der Waals surface area contributed by atoms with Crippen molar-refractivity contribution in [1.29, 1.82) is 0 Å². The van der Waals surface area contributed by atoms with Crippen LogP contribution in [-0.2, 0) is 10.4 Å². The molecule has 2 aliphatic rings. The minimum Gasteiger partial charge on any atom is -0.376 e. The molecule has 1 atom stereocenters. The molecule has 11 heteroatoms. The molecule has 0 aliphatic carbocycles. The van der Waals surface area contributed by atoms with E-state index in [2.05, 4.69) is 20.5 Å². The molecule has 2 aliphatic heterocycles. The van der Waals surface area contributed by atoms with Gasteiger partial charge in [0, 0.05) is 25.2 Å². The molecule has 4 rings (SSSR count). The molecule has 1 saturated heterocycles. The highest BCUT2D eigenvalue weighted by Crippen LogP contribution is 2.49. The van der Waals surface area contributed by atoms with E-state index in [-0.39, 0.29) is 23.0 Å². The second kappa shape index (κ2) is 6.63. The first-order valence-electron chi connectivity index (χ1n) is 8.74. The van der Waals surface area contributed by atoms with Crippen molar-refractivity contribution in [2.45, 2.75) is 37.0 Å². The molecule has 2 aromatic heterocycles. The summed E-state index contributed by atoms with van der Waals surface area (Å²) in [5.74, 6) is -0.781. The van der Waals surface area contributed by atoms with Gasteiger partial charge in [-0.25, -0.2) is 4.98 Å². The van der Waals surface area contributed by atoms with Gasteiger partial charge in [-0.1, -0.05) is 11.6 Å². The van der Waals surface area contributed by atoms with Crippen molar-refractivity contribution >= 4 is 29.1 Å². The van der Waals surface area contributed by atoms with E-state index in [9.17, 15) is 23.1 Å². The summed E-state index contributed by atoms with van der Waals surface area (Å²) in [4.78, 5) is 17.9. The summed E-state index contributed by atoms with van der Waals surface area (Å²) >= 11 is 6.17. The number of alkyl halides is 3. The summed E-state index contributed by atoms with van der Waals surface area (Å²) < 4.78 is 40.9. The number of hydrogen-bond donors (Lipinski definition) is 3. The SMILES string of the molecule is O=C1CC(O)(C(F)(F)F)c2c(C3CCN(c4ncccc4Cl)CC3)n[nH]c2N1. The maximum absolute atomic E-state index is 13.6. The Hall–Kier alpha value is -2.33. The summed E-state index contributed by atoms with van der Waals surface area (Å²) in [5, 5.41) is 19.7. The van der Waals surface area contributed by atoms with E-state index < -0.39 is 24.1 Å². The lowest BCUT2D eigenvalue weighted by Gasteiger charge is -2.36. The highest BCUT2D eigenvalue weighted by atomic mass is 35.5. The van der Waals surface area contributed by atoms with E-state index in [0.717, 1.165) is 0 Å². The Morgan fingerprint density at radius 3 is 2.68 bits per heavy atom. The monoisotopic (exact) mass is 415 g/mol. The zero-order valence-corrected chi connectivity index (χ0v) is 15.3. The van der Waals surface area contributed by atoms with Crippen LogP contribution in [0.15, 0.2) is 18.3 Å². The van der Waals surface area contributed by atoms with Crippen LogP contribution in [0.5, 0.6) is 0 Å². The molecular weight excluding hydrogens is 399 g/mol. The molecule has 7 nitrogen and oxygen atoms in total. The van der Waals surface area contributed by atoms with E-state index in [1.54, 1.807) is 18.3 Å². The number of aromatic amines is 1. The predicted molar refractivity (Wildman–Crippen MR) is 95.2 cm³/mol. The van der Waals surface area contributed by atoms with Crippen LogP contribution >= 0.6 is 11.6 Å². The van der Waals surface area contributed by atoms with Gasteiger partial charge in [0.2, 0.25) is 5.91 Å². The molecule has 0 saturated carbocycles. The molecule has 4 heterocycles. The van der Waals surface area contributed by atoms with E-state index in [0.29, 0.717) is 36.8 Å². The molecule has 1 unspecified atom stereocenters. The van der Waals surface area contributed by atoms with Crippen LogP contribution in [0.4, 0.5) is 24.8 Å². The van der Waals surface area contributed by atoms with Crippen LogP contribution in [-0.4, -0.2) is 45.5 Å². The number of piperidine rings is 1. The normalized spacial score (nSPS) is 23.5. The zero-order chi connectivity index (χ0) is 20.1. The van der Waals surface area contributed by atoms with Gasteiger partial charge in [0.1, 0.15) is 11.6 Å². The van der Waals surface area contributed by atoms with Gasteiger partial charge in [-0.3, -0.25) is 9.89 Å². The molecule has 1 amide bonds. The molecular formula is C17H17ClF3N5O2. The number of hydrogen-bond acceptors (Lipinski definition) is 5. The lowest BCUT2D eigenvalue weighted by molar-refractivity contribution is -0.267. The molecule has 150 valence electrons. The van der Waals surface area contributed by atoms with Crippen molar-refractivity contribution in [2.24, 2.45) is 0 Å². The summed E-state index contributed by atoms with van der Waals surface area (Å²) in [6.45, 7) is 1.06. The highest BCUT2D eigenvalue weighted by molar-refractivity contribution is 6.32. The van der Waals surface area contributed by atoms with Crippen LogP contribution in [0.2, 0.25) is 5.02 Å². The second-order valence-electron chi connectivity index (χ2n) is 7.01. The number of carbonyl (C=O) groups excluding carboxylic acids is 1. The van der Waals surface area contributed by atoms with Crippen molar-refractivity contribution in [3.05, 3.63) is 34.6 Å². The average Bonchev–Trinajstić information content (AvgIpc) is 3.06. The van der Waals surface area contributed by atoms with Crippen LogP contribution in [0.3, 0.4) is 0 Å². The third kappa shape index (κ3) is 3.00. The van der Waals surface area contributed by atoms with Gasteiger partial charge < -0.3 is 15.3 Å². The Morgan fingerprint density at radius 2 is 2.04 bits per heavy atom. The maximum atomic E-state index is 13.6. The van der Waals surface area contributed by atoms with E-state index >= 15 is 0 Å². The van der Waals surface area contributed by atoms with Gasteiger partial charge in [-0.05, 0) is 25.0 Å². The van der Waals surface area contributed by atoms with E-state index in [1.807, 2.05) is 4.90 Å². The minimum absolute atomic E-state index is 0.140. The second-order valence-corrected chi connectivity index (χ2v) is 7.42. The Morgan fingerprint density at radius 1 is 1.32 bits per heavy atom.